The molecule has 0 spiro atoms. The number of hydrogen-bond donors (Lipinski definition) is 1. The smallest absolute Gasteiger partial charge is 0.342 e. The summed E-state index contributed by atoms with van der Waals surface area (Å²) in [5.74, 6) is 0.199. The van der Waals surface area contributed by atoms with Crippen LogP contribution in [0.3, 0.4) is 0 Å². The summed E-state index contributed by atoms with van der Waals surface area (Å²) in [4.78, 5) is 11.7. The number of ether oxygens (including phenoxy) is 3. The third-order valence-corrected chi connectivity index (χ3v) is 3.33. The molecule has 5 nitrogen and oxygen atoms in total. The van der Waals surface area contributed by atoms with Crippen molar-refractivity contribution in [3.63, 3.8) is 0 Å². The second-order valence-electron chi connectivity index (χ2n) is 4.20. The van der Waals surface area contributed by atoms with Crippen LogP contribution in [0.5, 0.6) is 11.5 Å². The second-order valence-corrected chi connectivity index (χ2v) is 4.20. The summed E-state index contributed by atoms with van der Waals surface area (Å²) in [6.07, 6.45) is -0.00537. The number of phenolic OH excluding ortho intramolecular Hbond substituents is 1. The van der Waals surface area contributed by atoms with E-state index in [4.69, 9.17) is 14.2 Å². The molecular formula is C12H12O5. The maximum atomic E-state index is 11.7. The number of benzene rings is 1. The molecule has 90 valence electrons. The van der Waals surface area contributed by atoms with Crippen molar-refractivity contribution in [3.05, 3.63) is 22.3 Å². The van der Waals surface area contributed by atoms with Gasteiger partial charge in [0.2, 0.25) is 6.29 Å². The first-order valence-electron chi connectivity index (χ1n) is 5.37. The number of carbonyl (C=O) groups excluding carboxylic acids is 1. The fourth-order valence-corrected chi connectivity index (χ4v) is 2.35. The first-order valence-corrected chi connectivity index (χ1v) is 5.37. The number of hydrogen-bond acceptors (Lipinski definition) is 5. The number of carbonyl (C=O) groups is 1. The molecule has 2 aliphatic rings. The molecule has 0 saturated carbocycles. The third kappa shape index (κ3) is 1.26. The first-order chi connectivity index (χ1) is 8.13. The van der Waals surface area contributed by atoms with Crippen molar-refractivity contribution in [1.82, 2.24) is 0 Å². The molecule has 0 amide bonds. The number of phenols is 1. The number of rotatable bonds is 1. The van der Waals surface area contributed by atoms with E-state index in [1.165, 1.54) is 7.11 Å². The van der Waals surface area contributed by atoms with Gasteiger partial charge in [-0.15, -0.1) is 0 Å². The van der Waals surface area contributed by atoms with Gasteiger partial charge in [0, 0.05) is 24.7 Å². The van der Waals surface area contributed by atoms with E-state index >= 15 is 0 Å². The Labute approximate surface area is 97.9 Å². The van der Waals surface area contributed by atoms with Crippen LogP contribution in [-0.2, 0) is 22.5 Å². The van der Waals surface area contributed by atoms with Crippen LogP contribution >= 0.6 is 0 Å². The van der Waals surface area contributed by atoms with E-state index < -0.39 is 12.3 Å². The molecule has 1 N–H and O–H groups in total. The molecule has 1 aromatic rings. The normalized spacial score (nSPS) is 20.8. The summed E-state index contributed by atoms with van der Waals surface area (Å²) in [5.41, 5.74) is 2.47. The summed E-state index contributed by atoms with van der Waals surface area (Å²) in [6.45, 7) is 1.97. The molecule has 5 heteroatoms. The van der Waals surface area contributed by atoms with Gasteiger partial charge < -0.3 is 19.3 Å². The summed E-state index contributed by atoms with van der Waals surface area (Å²) in [5, 5.41) is 10.1. The van der Waals surface area contributed by atoms with Crippen LogP contribution in [0.2, 0.25) is 0 Å². The first kappa shape index (κ1) is 10.4. The lowest BCUT2D eigenvalue weighted by Crippen LogP contribution is -2.15. The van der Waals surface area contributed by atoms with Gasteiger partial charge in [-0.05, 0) is 12.5 Å². The molecule has 1 unspecified atom stereocenters. The number of methoxy groups -OCH3 is 1. The number of fused-ring (bicyclic) bond motifs is 3. The molecule has 2 heterocycles. The predicted molar refractivity (Wildman–Crippen MR) is 57.1 cm³/mol. The average Bonchev–Trinajstić information content (AvgIpc) is 2.89. The van der Waals surface area contributed by atoms with Gasteiger partial charge in [0.25, 0.3) is 0 Å². The van der Waals surface area contributed by atoms with Gasteiger partial charge >= 0.3 is 5.97 Å². The molecule has 1 aromatic carbocycles. The maximum absolute atomic E-state index is 11.7. The maximum Gasteiger partial charge on any atom is 0.342 e. The molecule has 1 atom stereocenters. The highest BCUT2D eigenvalue weighted by atomic mass is 16.7. The van der Waals surface area contributed by atoms with Gasteiger partial charge in [-0.3, -0.25) is 0 Å². The van der Waals surface area contributed by atoms with E-state index in [0.29, 0.717) is 34.4 Å². The van der Waals surface area contributed by atoms with E-state index in [0.717, 1.165) is 0 Å². The molecule has 2 aliphatic heterocycles. The molecule has 3 rings (SSSR count). The van der Waals surface area contributed by atoms with Gasteiger partial charge in [-0.1, -0.05) is 0 Å². The third-order valence-electron chi connectivity index (χ3n) is 3.33. The summed E-state index contributed by atoms with van der Waals surface area (Å²) in [7, 11) is 1.53. The Bertz CT molecular complexity index is 520. The zero-order chi connectivity index (χ0) is 12.2. The van der Waals surface area contributed by atoms with Crippen molar-refractivity contribution in [2.45, 2.75) is 26.2 Å². The van der Waals surface area contributed by atoms with Crippen molar-refractivity contribution >= 4 is 5.97 Å². The van der Waals surface area contributed by atoms with E-state index in [1.807, 2.05) is 0 Å². The molecule has 0 saturated heterocycles. The van der Waals surface area contributed by atoms with Crippen LogP contribution in [0.25, 0.3) is 0 Å². The number of cyclic esters (lactones) is 1. The molecule has 0 fully saturated rings. The molecule has 17 heavy (non-hydrogen) atoms. The highest BCUT2D eigenvalue weighted by molar-refractivity contribution is 5.98. The Hall–Kier alpha value is -1.75. The lowest BCUT2D eigenvalue weighted by Gasteiger charge is -2.10. The van der Waals surface area contributed by atoms with Crippen LogP contribution in [0.4, 0.5) is 0 Å². The van der Waals surface area contributed by atoms with Gasteiger partial charge in [0.15, 0.2) is 0 Å². The van der Waals surface area contributed by atoms with Crippen LogP contribution in [0.1, 0.15) is 27.0 Å². The van der Waals surface area contributed by atoms with Gasteiger partial charge in [-0.2, -0.15) is 0 Å². The zero-order valence-electron chi connectivity index (χ0n) is 9.57. The lowest BCUT2D eigenvalue weighted by molar-refractivity contribution is -0.0371. The lowest BCUT2D eigenvalue weighted by atomic mass is 9.97. The topological polar surface area (TPSA) is 65.0 Å². The minimum Gasteiger partial charge on any atom is -0.507 e. The Kier molecular flexibility index (Phi) is 2.06. The number of esters is 1. The fraction of sp³-hybridized carbons (Fsp3) is 0.417. The fourth-order valence-electron chi connectivity index (χ4n) is 2.35. The second kappa shape index (κ2) is 3.37. The van der Waals surface area contributed by atoms with E-state index in [2.05, 4.69) is 0 Å². The highest BCUT2D eigenvalue weighted by Gasteiger charge is 2.37. The molecular weight excluding hydrogens is 224 g/mol. The number of aromatic hydroxyl groups is 1. The minimum atomic E-state index is -0.449. The Morgan fingerprint density at radius 3 is 2.88 bits per heavy atom. The van der Waals surface area contributed by atoms with E-state index in [1.54, 1.807) is 6.92 Å². The summed E-state index contributed by atoms with van der Waals surface area (Å²) in [6, 6.07) is 0. The molecule has 0 bridgehead atoms. The summed E-state index contributed by atoms with van der Waals surface area (Å²) < 4.78 is 15.6. The van der Waals surface area contributed by atoms with Crippen molar-refractivity contribution < 1.29 is 24.1 Å². The molecule has 0 radical (unpaired) electrons. The Morgan fingerprint density at radius 1 is 1.41 bits per heavy atom. The highest BCUT2D eigenvalue weighted by Crippen LogP contribution is 2.45. The summed E-state index contributed by atoms with van der Waals surface area (Å²) >= 11 is 0. The SMILES string of the molecule is COC1Cc2c(O)c(C)c3c(c2O1)C(=O)OC3. The van der Waals surface area contributed by atoms with E-state index in [-0.39, 0.29) is 12.4 Å². The molecule has 0 aromatic heterocycles. The van der Waals surface area contributed by atoms with Crippen LogP contribution < -0.4 is 4.74 Å². The Morgan fingerprint density at radius 2 is 2.18 bits per heavy atom. The zero-order valence-corrected chi connectivity index (χ0v) is 9.57. The van der Waals surface area contributed by atoms with Crippen LogP contribution in [-0.4, -0.2) is 24.5 Å². The molecule has 0 aliphatic carbocycles. The largest absolute Gasteiger partial charge is 0.507 e. The van der Waals surface area contributed by atoms with Crippen molar-refractivity contribution in [1.29, 1.82) is 0 Å². The monoisotopic (exact) mass is 236 g/mol. The quantitative estimate of drug-likeness (QED) is 0.744. The predicted octanol–water partition coefficient (Wildman–Crippen LogP) is 1.28. The Balaban J connectivity index is 2.24. The van der Waals surface area contributed by atoms with Gasteiger partial charge in [0.1, 0.15) is 23.7 Å². The van der Waals surface area contributed by atoms with Crippen molar-refractivity contribution in [2.75, 3.05) is 7.11 Å². The average molecular weight is 236 g/mol. The van der Waals surface area contributed by atoms with Crippen molar-refractivity contribution in [2.24, 2.45) is 0 Å². The standard InChI is InChI=1S/C12H12O5/c1-5-7-4-16-12(14)9(7)11-6(10(5)13)3-8(15-2)17-11/h8,13H,3-4H2,1-2H3. The van der Waals surface area contributed by atoms with Crippen LogP contribution in [0.15, 0.2) is 0 Å². The van der Waals surface area contributed by atoms with Crippen molar-refractivity contribution in [3.8, 4) is 11.5 Å². The van der Waals surface area contributed by atoms with Crippen LogP contribution in [0, 0.1) is 6.92 Å². The van der Waals surface area contributed by atoms with Gasteiger partial charge in [0.05, 0.1) is 0 Å². The van der Waals surface area contributed by atoms with Gasteiger partial charge in [-0.25, -0.2) is 4.79 Å². The van der Waals surface area contributed by atoms with E-state index in [9.17, 15) is 9.90 Å². The minimum absolute atomic E-state index is 0.177.